The van der Waals surface area contributed by atoms with Crippen molar-refractivity contribution in [3.63, 3.8) is 0 Å². The van der Waals surface area contributed by atoms with Crippen LogP contribution in [0.25, 0.3) is 6.08 Å². The van der Waals surface area contributed by atoms with Crippen molar-refractivity contribution in [3.8, 4) is 0 Å². The second kappa shape index (κ2) is 10.9. The van der Waals surface area contributed by atoms with Gasteiger partial charge in [0.15, 0.2) is 0 Å². The molecule has 2 aromatic rings. The Hall–Kier alpha value is -2.45. The lowest BCUT2D eigenvalue weighted by Crippen LogP contribution is -2.68. The van der Waals surface area contributed by atoms with E-state index in [4.69, 9.17) is 17.3 Å². The third kappa shape index (κ3) is 5.78. The smallest absolute Gasteiger partial charge is 0.270 e. The van der Waals surface area contributed by atoms with Gasteiger partial charge in [0.05, 0.1) is 12.1 Å². The maximum absolute atomic E-state index is 13.2. The molecule has 6 nitrogen and oxygen atoms in total. The second-order valence-electron chi connectivity index (χ2n) is 8.95. The van der Waals surface area contributed by atoms with E-state index in [0.29, 0.717) is 17.1 Å². The van der Waals surface area contributed by atoms with Gasteiger partial charge in [-0.25, -0.2) is 4.39 Å². The van der Waals surface area contributed by atoms with Crippen molar-refractivity contribution >= 4 is 41.9 Å². The number of amides is 2. The SMILES string of the molecule is Cc1cc(C=CC(=O)N2C3CN(C)CC2CN(Cc2ccc(F)cc2)C3)c(C([NH])=O)cc1Cl.Cl. The molecule has 1 N–H and O–H groups in total. The number of hydrogen-bond donors (Lipinski definition) is 0. The number of nitrogens with one attached hydrogen (secondary N) is 1. The zero-order valence-electron chi connectivity index (χ0n) is 19.1. The average molecular weight is 506 g/mol. The van der Waals surface area contributed by atoms with Gasteiger partial charge >= 0.3 is 0 Å². The standard InChI is InChI=1S/C25H27ClFN4O2.ClH/c1-16-9-18(22(25(28)33)10-23(16)26)5-8-24(32)31-20-12-29(2)13-21(31)15-30(14-20)11-17-3-6-19(27)7-4-17;/h3-10,20-21,28H,11-15H2,1-2H3;1H. The number of halogens is 3. The molecule has 2 saturated heterocycles. The van der Waals surface area contributed by atoms with E-state index >= 15 is 0 Å². The van der Waals surface area contributed by atoms with Crippen LogP contribution >= 0.6 is 24.0 Å². The highest BCUT2D eigenvalue weighted by atomic mass is 35.5. The van der Waals surface area contributed by atoms with Gasteiger partial charge in [0, 0.05) is 49.4 Å². The number of fused-ring (bicyclic) bond motifs is 2. The summed E-state index contributed by atoms with van der Waals surface area (Å²) in [7, 11) is 2.07. The van der Waals surface area contributed by atoms with Gasteiger partial charge < -0.3 is 9.80 Å². The Morgan fingerprint density at radius 2 is 1.74 bits per heavy atom. The Morgan fingerprint density at radius 3 is 2.32 bits per heavy atom. The molecule has 181 valence electrons. The molecule has 2 fully saturated rings. The summed E-state index contributed by atoms with van der Waals surface area (Å²) in [6.45, 7) is 5.54. The first kappa shape index (κ1) is 26.2. The Balaban J connectivity index is 0.00000324. The van der Waals surface area contributed by atoms with Crippen LogP contribution in [-0.4, -0.2) is 71.8 Å². The van der Waals surface area contributed by atoms with Crippen molar-refractivity contribution in [1.82, 2.24) is 20.4 Å². The summed E-state index contributed by atoms with van der Waals surface area (Å²) < 4.78 is 13.2. The third-order valence-electron chi connectivity index (χ3n) is 6.32. The quantitative estimate of drug-likeness (QED) is 0.581. The van der Waals surface area contributed by atoms with E-state index < -0.39 is 5.91 Å². The van der Waals surface area contributed by atoms with Crippen LogP contribution < -0.4 is 5.73 Å². The van der Waals surface area contributed by atoms with E-state index in [1.54, 1.807) is 24.3 Å². The third-order valence-corrected chi connectivity index (χ3v) is 6.73. The zero-order valence-corrected chi connectivity index (χ0v) is 20.7. The first-order chi connectivity index (χ1) is 15.7. The monoisotopic (exact) mass is 505 g/mol. The Morgan fingerprint density at radius 1 is 1.12 bits per heavy atom. The molecule has 0 saturated carbocycles. The number of piperazine rings is 2. The number of benzene rings is 2. The molecule has 2 atom stereocenters. The highest BCUT2D eigenvalue weighted by molar-refractivity contribution is 6.31. The number of aryl methyl sites for hydroxylation is 1. The molecule has 2 amide bonds. The van der Waals surface area contributed by atoms with Gasteiger partial charge in [-0.15, -0.1) is 12.4 Å². The Kier molecular flexibility index (Phi) is 8.36. The van der Waals surface area contributed by atoms with Gasteiger partial charge in [0.25, 0.3) is 5.91 Å². The van der Waals surface area contributed by atoms with E-state index in [1.807, 2.05) is 11.8 Å². The number of nitrogens with zero attached hydrogens (tertiary/aromatic N) is 3. The van der Waals surface area contributed by atoms with Crippen LogP contribution in [0.5, 0.6) is 0 Å². The molecular weight excluding hydrogens is 478 g/mol. The van der Waals surface area contributed by atoms with E-state index in [-0.39, 0.29) is 41.8 Å². The average Bonchev–Trinajstić information content (AvgIpc) is 2.74. The number of carbonyl (C=O) groups excluding carboxylic acids is 2. The summed E-state index contributed by atoms with van der Waals surface area (Å²) in [6.07, 6.45) is 3.10. The van der Waals surface area contributed by atoms with Crippen molar-refractivity contribution in [2.45, 2.75) is 25.6 Å². The molecule has 2 heterocycles. The molecule has 2 aliphatic rings. The number of hydrogen-bond acceptors (Lipinski definition) is 4. The van der Waals surface area contributed by atoms with Crippen molar-refractivity contribution < 1.29 is 14.0 Å². The van der Waals surface area contributed by atoms with Crippen molar-refractivity contribution in [3.05, 3.63) is 75.6 Å². The first-order valence-electron chi connectivity index (χ1n) is 10.9. The van der Waals surface area contributed by atoms with Crippen LogP contribution in [0.4, 0.5) is 4.39 Å². The topological polar surface area (TPSA) is 67.7 Å². The van der Waals surface area contributed by atoms with Crippen LogP contribution in [0.1, 0.15) is 27.0 Å². The van der Waals surface area contributed by atoms with Gasteiger partial charge in [-0.1, -0.05) is 23.7 Å². The van der Waals surface area contributed by atoms with E-state index in [9.17, 15) is 14.0 Å². The van der Waals surface area contributed by atoms with Crippen LogP contribution in [0.15, 0.2) is 42.5 Å². The minimum atomic E-state index is -0.836. The lowest BCUT2D eigenvalue weighted by atomic mass is 9.99. The Labute approximate surface area is 210 Å². The predicted octanol–water partition coefficient (Wildman–Crippen LogP) is 3.67. The maximum atomic E-state index is 13.2. The van der Waals surface area contributed by atoms with Crippen molar-refractivity contribution in [2.75, 3.05) is 33.2 Å². The number of rotatable bonds is 5. The fraction of sp³-hybridized carbons (Fsp3) is 0.360. The largest absolute Gasteiger partial charge is 0.328 e. The zero-order chi connectivity index (χ0) is 23.7. The van der Waals surface area contributed by atoms with Crippen LogP contribution in [0, 0.1) is 12.7 Å². The summed E-state index contributed by atoms with van der Waals surface area (Å²) >= 11 is 6.11. The molecular formula is C25H28Cl2FN4O2. The van der Waals surface area contributed by atoms with Gasteiger partial charge in [-0.05, 0) is 61.0 Å². The van der Waals surface area contributed by atoms with Crippen LogP contribution in [-0.2, 0) is 11.3 Å². The fourth-order valence-corrected chi connectivity index (χ4v) is 5.02. The van der Waals surface area contributed by atoms with Gasteiger partial charge in [0.1, 0.15) is 5.82 Å². The summed E-state index contributed by atoms with van der Waals surface area (Å²) in [5.41, 5.74) is 10.0. The van der Waals surface area contributed by atoms with E-state index in [1.165, 1.54) is 24.3 Å². The molecule has 2 unspecified atom stereocenters. The molecule has 1 radical (unpaired) electrons. The van der Waals surface area contributed by atoms with Crippen molar-refractivity contribution in [2.24, 2.45) is 0 Å². The lowest BCUT2D eigenvalue weighted by Gasteiger charge is -2.52. The predicted molar refractivity (Wildman–Crippen MR) is 133 cm³/mol. The van der Waals surface area contributed by atoms with Crippen LogP contribution in [0.3, 0.4) is 0 Å². The lowest BCUT2D eigenvalue weighted by molar-refractivity contribution is -0.140. The summed E-state index contributed by atoms with van der Waals surface area (Å²) in [5, 5.41) is 0.420. The van der Waals surface area contributed by atoms with Gasteiger partial charge in [-0.2, -0.15) is 0 Å². The number of carbonyl (C=O) groups is 2. The second-order valence-corrected chi connectivity index (χ2v) is 9.35. The Bertz CT molecular complexity index is 1080. The highest BCUT2D eigenvalue weighted by Crippen LogP contribution is 2.26. The van der Waals surface area contributed by atoms with E-state index in [0.717, 1.165) is 37.3 Å². The summed E-state index contributed by atoms with van der Waals surface area (Å²) in [4.78, 5) is 31.5. The highest BCUT2D eigenvalue weighted by Gasteiger charge is 2.41. The molecule has 0 aliphatic carbocycles. The van der Waals surface area contributed by atoms with E-state index in [2.05, 4.69) is 16.8 Å². The molecule has 0 spiro atoms. The van der Waals surface area contributed by atoms with Crippen LogP contribution in [0.2, 0.25) is 5.02 Å². The van der Waals surface area contributed by atoms with Gasteiger partial charge in [0.2, 0.25) is 5.91 Å². The fourth-order valence-electron chi connectivity index (χ4n) is 4.85. The minimum absolute atomic E-state index is 0. The molecule has 2 aromatic carbocycles. The van der Waals surface area contributed by atoms with Gasteiger partial charge in [-0.3, -0.25) is 20.2 Å². The summed E-state index contributed by atoms with van der Waals surface area (Å²) in [6, 6.07) is 9.82. The minimum Gasteiger partial charge on any atom is -0.328 e. The molecule has 2 bridgehead atoms. The maximum Gasteiger partial charge on any atom is 0.270 e. The van der Waals surface area contributed by atoms with Crippen molar-refractivity contribution in [1.29, 1.82) is 0 Å². The first-order valence-corrected chi connectivity index (χ1v) is 11.3. The number of likely N-dealkylation sites (N-methyl/N-ethyl adjacent to an activating group) is 1. The molecule has 4 rings (SSSR count). The normalized spacial score (nSPS) is 20.9. The molecule has 34 heavy (non-hydrogen) atoms. The molecule has 2 aliphatic heterocycles. The summed E-state index contributed by atoms with van der Waals surface area (Å²) in [5.74, 6) is -1.18. The molecule has 0 aromatic heterocycles. The molecule has 9 heteroatoms.